The molecule has 3 nitrogen and oxygen atoms in total. The van der Waals surface area contributed by atoms with E-state index in [9.17, 15) is 23.4 Å². The molecule has 2 atom stereocenters. The predicted molar refractivity (Wildman–Crippen MR) is 61.1 cm³/mol. The first kappa shape index (κ1) is 15.2. The van der Waals surface area contributed by atoms with E-state index in [0.717, 1.165) is 12.1 Å². The van der Waals surface area contributed by atoms with Gasteiger partial charge < -0.3 is 15.9 Å². The number of hydrogen-bond acceptors (Lipinski definition) is 3. The van der Waals surface area contributed by atoms with Gasteiger partial charge in [-0.1, -0.05) is 17.7 Å². The van der Waals surface area contributed by atoms with E-state index in [0.29, 0.717) is 0 Å². The van der Waals surface area contributed by atoms with Gasteiger partial charge in [0.1, 0.15) is 6.10 Å². The van der Waals surface area contributed by atoms with Crippen molar-refractivity contribution in [2.75, 3.05) is 6.54 Å². The molecule has 1 aromatic carbocycles. The largest absolute Gasteiger partial charge is 0.417 e. The summed E-state index contributed by atoms with van der Waals surface area (Å²) in [6, 6.07) is 3.01. The van der Waals surface area contributed by atoms with Gasteiger partial charge in [-0.2, -0.15) is 13.2 Å². The molecule has 2 unspecified atom stereocenters. The minimum atomic E-state index is -4.61. The average Bonchev–Trinajstić information content (AvgIpc) is 2.27. The van der Waals surface area contributed by atoms with Crippen molar-refractivity contribution in [3.8, 4) is 0 Å². The lowest BCUT2D eigenvalue weighted by atomic mass is 10.00. The maximum absolute atomic E-state index is 12.6. The molecule has 7 heteroatoms. The molecule has 0 saturated heterocycles. The highest BCUT2D eigenvalue weighted by Gasteiger charge is 2.34. The number of aliphatic hydroxyl groups is 2. The average molecular weight is 284 g/mol. The van der Waals surface area contributed by atoms with Crippen LogP contribution in [-0.4, -0.2) is 22.9 Å². The van der Waals surface area contributed by atoms with Crippen molar-refractivity contribution in [3.63, 3.8) is 0 Å². The van der Waals surface area contributed by atoms with Crippen molar-refractivity contribution in [3.05, 3.63) is 34.3 Å². The third-order valence-electron chi connectivity index (χ3n) is 2.46. The monoisotopic (exact) mass is 283 g/mol. The Balaban J connectivity index is 3.05. The van der Waals surface area contributed by atoms with Crippen molar-refractivity contribution >= 4 is 11.6 Å². The fourth-order valence-corrected chi connectivity index (χ4v) is 1.72. The molecule has 0 spiro atoms. The Morgan fingerprint density at radius 2 is 1.89 bits per heavy atom. The molecule has 18 heavy (non-hydrogen) atoms. The summed E-state index contributed by atoms with van der Waals surface area (Å²) in [6.45, 7) is 0.123. The number of rotatable bonds is 4. The van der Waals surface area contributed by atoms with Crippen LogP contribution in [0.3, 0.4) is 0 Å². The molecule has 0 aromatic heterocycles. The van der Waals surface area contributed by atoms with E-state index in [1.807, 2.05) is 0 Å². The molecule has 0 heterocycles. The van der Waals surface area contributed by atoms with E-state index in [4.69, 9.17) is 17.3 Å². The van der Waals surface area contributed by atoms with Crippen molar-refractivity contribution in [1.82, 2.24) is 0 Å². The van der Waals surface area contributed by atoms with Gasteiger partial charge in [0.15, 0.2) is 0 Å². The van der Waals surface area contributed by atoms with Crippen LogP contribution in [0.15, 0.2) is 18.2 Å². The molecule has 0 aliphatic rings. The van der Waals surface area contributed by atoms with Crippen LogP contribution in [0.1, 0.15) is 23.7 Å². The topological polar surface area (TPSA) is 66.5 Å². The SMILES string of the molecule is NCCC(O)C(O)c1ccc(Cl)c(C(F)(F)F)c1. The first-order valence-corrected chi connectivity index (χ1v) is 5.58. The second kappa shape index (κ2) is 5.88. The molecule has 0 aliphatic carbocycles. The van der Waals surface area contributed by atoms with Gasteiger partial charge in [0.2, 0.25) is 0 Å². The number of benzene rings is 1. The van der Waals surface area contributed by atoms with Crippen LogP contribution in [0.2, 0.25) is 5.02 Å². The lowest BCUT2D eigenvalue weighted by Gasteiger charge is -2.19. The van der Waals surface area contributed by atoms with Crippen LogP contribution in [0, 0.1) is 0 Å². The first-order chi connectivity index (χ1) is 8.27. The first-order valence-electron chi connectivity index (χ1n) is 5.20. The highest BCUT2D eigenvalue weighted by molar-refractivity contribution is 6.31. The summed E-state index contributed by atoms with van der Waals surface area (Å²) in [6.07, 6.45) is -7.15. The maximum Gasteiger partial charge on any atom is 0.417 e. The fraction of sp³-hybridized carbons (Fsp3) is 0.455. The smallest absolute Gasteiger partial charge is 0.390 e. The lowest BCUT2D eigenvalue weighted by molar-refractivity contribution is -0.137. The van der Waals surface area contributed by atoms with Gasteiger partial charge in [0, 0.05) is 0 Å². The zero-order valence-electron chi connectivity index (χ0n) is 9.28. The van der Waals surface area contributed by atoms with E-state index in [2.05, 4.69) is 0 Å². The van der Waals surface area contributed by atoms with E-state index >= 15 is 0 Å². The maximum atomic E-state index is 12.6. The van der Waals surface area contributed by atoms with Crippen LogP contribution < -0.4 is 5.73 Å². The standard InChI is InChI=1S/C11H13ClF3NO2/c12-8-2-1-6(5-7(8)11(13,14)15)10(18)9(17)3-4-16/h1-2,5,9-10,17-18H,3-4,16H2. The Hall–Kier alpha value is -0.820. The Bertz CT molecular complexity index is 412. The molecule has 102 valence electrons. The normalized spacial score (nSPS) is 15.5. The molecule has 1 rings (SSSR count). The van der Waals surface area contributed by atoms with Crippen LogP contribution in [0.25, 0.3) is 0 Å². The van der Waals surface area contributed by atoms with Gasteiger partial charge in [0.05, 0.1) is 16.7 Å². The van der Waals surface area contributed by atoms with Crippen molar-refractivity contribution in [2.24, 2.45) is 5.73 Å². The Morgan fingerprint density at radius 3 is 2.39 bits per heavy atom. The van der Waals surface area contributed by atoms with Crippen LogP contribution in [0.5, 0.6) is 0 Å². The summed E-state index contributed by atoms with van der Waals surface area (Å²) in [5, 5.41) is 18.7. The highest BCUT2D eigenvalue weighted by atomic mass is 35.5. The van der Waals surface area contributed by atoms with Crippen molar-refractivity contribution in [1.29, 1.82) is 0 Å². The van der Waals surface area contributed by atoms with Gasteiger partial charge in [0.25, 0.3) is 0 Å². The molecular weight excluding hydrogens is 271 g/mol. The quantitative estimate of drug-likeness (QED) is 0.793. The second-order valence-electron chi connectivity index (χ2n) is 3.83. The number of alkyl halides is 3. The minimum absolute atomic E-state index is 0.0484. The molecule has 0 bridgehead atoms. The summed E-state index contributed by atoms with van der Waals surface area (Å²) >= 11 is 5.44. The van der Waals surface area contributed by atoms with Crippen molar-refractivity contribution < 1.29 is 23.4 Å². The summed E-state index contributed by atoms with van der Waals surface area (Å²) in [5.41, 5.74) is 4.11. The summed E-state index contributed by atoms with van der Waals surface area (Å²) in [7, 11) is 0. The Morgan fingerprint density at radius 1 is 1.28 bits per heavy atom. The van der Waals surface area contributed by atoms with E-state index in [1.54, 1.807) is 0 Å². The summed E-state index contributed by atoms with van der Waals surface area (Å²) in [4.78, 5) is 0. The number of hydrogen-bond donors (Lipinski definition) is 3. The second-order valence-corrected chi connectivity index (χ2v) is 4.23. The van der Waals surface area contributed by atoms with Gasteiger partial charge in [-0.3, -0.25) is 0 Å². The molecular formula is C11H13ClF3NO2. The van der Waals surface area contributed by atoms with Gasteiger partial charge in [-0.25, -0.2) is 0 Å². The Labute approximate surface area is 107 Å². The molecule has 1 aromatic rings. The summed E-state index contributed by atoms with van der Waals surface area (Å²) < 4.78 is 37.8. The molecule has 0 amide bonds. The molecule has 0 saturated carbocycles. The zero-order valence-corrected chi connectivity index (χ0v) is 10.0. The number of aliphatic hydroxyl groups excluding tert-OH is 2. The third-order valence-corrected chi connectivity index (χ3v) is 2.79. The molecule has 0 fully saturated rings. The molecule has 4 N–H and O–H groups in total. The molecule has 0 radical (unpaired) electrons. The van der Waals surface area contributed by atoms with E-state index in [-0.39, 0.29) is 18.5 Å². The Kier molecular flexibility index (Phi) is 4.98. The van der Waals surface area contributed by atoms with E-state index in [1.165, 1.54) is 6.07 Å². The summed E-state index contributed by atoms with van der Waals surface area (Å²) in [5.74, 6) is 0. The fourth-order valence-electron chi connectivity index (χ4n) is 1.49. The number of nitrogens with two attached hydrogens (primary N) is 1. The van der Waals surface area contributed by atoms with Crippen LogP contribution in [0.4, 0.5) is 13.2 Å². The number of halogens is 4. The van der Waals surface area contributed by atoms with E-state index < -0.39 is 29.0 Å². The van der Waals surface area contributed by atoms with Gasteiger partial charge in [-0.15, -0.1) is 0 Å². The van der Waals surface area contributed by atoms with Gasteiger partial charge in [-0.05, 0) is 30.7 Å². The molecule has 0 aliphatic heterocycles. The van der Waals surface area contributed by atoms with Crippen LogP contribution in [-0.2, 0) is 6.18 Å². The lowest BCUT2D eigenvalue weighted by Crippen LogP contribution is -2.22. The van der Waals surface area contributed by atoms with Crippen molar-refractivity contribution in [2.45, 2.75) is 24.8 Å². The van der Waals surface area contributed by atoms with Gasteiger partial charge >= 0.3 is 6.18 Å². The predicted octanol–water partition coefficient (Wildman–Crippen LogP) is 2.10. The zero-order chi connectivity index (χ0) is 13.9. The van der Waals surface area contributed by atoms with Crippen LogP contribution >= 0.6 is 11.6 Å². The third kappa shape index (κ3) is 3.58. The minimum Gasteiger partial charge on any atom is -0.390 e. The highest BCUT2D eigenvalue weighted by Crippen LogP contribution is 2.36.